The summed E-state index contributed by atoms with van der Waals surface area (Å²) >= 11 is 0. The molecule has 2 aliphatic rings. The molecule has 0 unspecified atom stereocenters. The Morgan fingerprint density at radius 3 is 2.22 bits per heavy atom. The van der Waals surface area contributed by atoms with E-state index < -0.39 is 11.5 Å². The summed E-state index contributed by atoms with van der Waals surface area (Å²) in [7, 11) is 3.93. The van der Waals surface area contributed by atoms with Crippen LogP contribution in [-0.4, -0.2) is 72.7 Å². The first-order valence-corrected chi connectivity index (χ1v) is 6.92. The number of carboxylic acids is 1. The average Bonchev–Trinajstić information content (AvgIpc) is 2.39. The summed E-state index contributed by atoms with van der Waals surface area (Å²) in [6, 6.07) is 0.657. The van der Waals surface area contributed by atoms with E-state index in [1.165, 1.54) is 12.8 Å². The number of rotatable bonds is 3. The Bertz CT molecular complexity index is 293. The first-order valence-electron chi connectivity index (χ1n) is 6.92. The van der Waals surface area contributed by atoms with Crippen LogP contribution in [0.1, 0.15) is 25.7 Å². The van der Waals surface area contributed by atoms with Gasteiger partial charge in [0, 0.05) is 19.1 Å². The molecule has 0 bridgehead atoms. The van der Waals surface area contributed by atoms with Crippen molar-refractivity contribution in [2.45, 2.75) is 37.3 Å². The molecule has 0 spiro atoms. The lowest BCUT2D eigenvalue weighted by molar-refractivity contribution is -0.147. The zero-order chi connectivity index (χ0) is 13.2. The van der Waals surface area contributed by atoms with Gasteiger partial charge in [-0.05, 0) is 52.9 Å². The minimum atomic E-state index is -0.701. The van der Waals surface area contributed by atoms with Gasteiger partial charge in [0.25, 0.3) is 0 Å². The predicted molar refractivity (Wildman–Crippen MR) is 70.8 cm³/mol. The topological polar surface area (TPSA) is 55.8 Å². The molecule has 2 aliphatic heterocycles. The van der Waals surface area contributed by atoms with Crippen molar-refractivity contribution in [2.24, 2.45) is 0 Å². The molecule has 5 heteroatoms. The number of piperidine rings is 2. The van der Waals surface area contributed by atoms with Gasteiger partial charge < -0.3 is 20.2 Å². The van der Waals surface area contributed by atoms with Crippen LogP contribution < -0.4 is 5.32 Å². The molecule has 0 radical (unpaired) electrons. The maximum atomic E-state index is 11.3. The van der Waals surface area contributed by atoms with E-state index in [-0.39, 0.29) is 0 Å². The zero-order valence-electron chi connectivity index (χ0n) is 11.5. The van der Waals surface area contributed by atoms with E-state index in [9.17, 15) is 9.90 Å². The van der Waals surface area contributed by atoms with Gasteiger partial charge in [0.05, 0.1) is 0 Å². The lowest BCUT2D eigenvalue weighted by Crippen LogP contribution is -2.59. The maximum absolute atomic E-state index is 11.3. The van der Waals surface area contributed by atoms with Crippen LogP contribution in [0.5, 0.6) is 0 Å². The van der Waals surface area contributed by atoms with E-state index in [0.717, 1.165) is 26.2 Å². The van der Waals surface area contributed by atoms with Crippen LogP contribution in [0.25, 0.3) is 0 Å². The number of nitrogens with one attached hydrogen (secondary N) is 1. The Labute approximate surface area is 109 Å². The van der Waals surface area contributed by atoms with Gasteiger partial charge in [-0.15, -0.1) is 0 Å². The predicted octanol–water partition coefficient (Wildman–Crippen LogP) is 0.219. The average molecular weight is 255 g/mol. The number of carbonyl (C=O) groups is 1. The van der Waals surface area contributed by atoms with Crippen LogP contribution in [0.15, 0.2) is 0 Å². The van der Waals surface area contributed by atoms with Gasteiger partial charge in [0.15, 0.2) is 0 Å². The summed E-state index contributed by atoms with van der Waals surface area (Å²) in [5.41, 5.74) is -0.693. The quantitative estimate of drug-likeness (QED) is 0.755. The van der Waals surface area contributed by atoms with Crippen molar-refractivity contribution in [1.29, 1.82) is 0 Å². The standard InChI is InChI=1S/C13H25N3O2/c1-14-13(12(17)18)5-9-16(10-6-13)11-3-7-15(2)8-4-11/h11,14H,3-10H2,1-2H3,(H,17,18). The van der Waals surface area contributed by atoms with E-state index in [0.29, 0.717) is 18.9 Å². The molecule has 0 amide bonds. The van der Waals surface area contributed by atoms with Crippen LogP contribution in [0.4, 0.5) is 0 Å². The normalized spacial score (nSPS) is 27.2. The Morgan fingerprint density at radius 1 is 1.22 bits per heavy atom. The van der Waals surface area contributed by atoms with E-state index in [4.69, 9.17) is 0 Å². The van der Waals surface area contributed by atoms with Crippen molar-refractivity contribution in [3.8, 4) is 0 Å². The Hall–Kier alpha value is -0.650. The van der Waals surface area contributed by atoms with Crippen LogP contribution in [-0.2, 0) is 4.79 Å². The Kier molecular flexibility index (Phi) is 4.25. The van der Waals surface area contributed by atoms with Crippen molar-refractivity contribution < 1.29 is 9.90 Å². The molecule has 0 aromatic heterocycles. The molecule has 2 fully saturated rings. The van der Waals surface area contributed by atoms with Crippen molar-refractivity contribution >= 4 is 5.97 Å². The number of likely N-dealkylation sites (tertiary alicyclic amines) is 2. The molecule has 0 saturated carbocycles. The molecule has 2 heterocycles. The fourth-order valence-electron chi connectivity index (χ4n) is 3.20. The molecule has 18 heavy (non-hydrogen) atoms. The smallest absolute Gasteiger partial charge is 0.323 e. The van der Waals surface area contributed by atoms with Crippen molar-refractivity contribution in [3.05, 3.63) is 0 Å². The highest BCUT2D eigenvalue weighted by Crippen LogP contribution is 2.26. The Balaban J connectivity index is 1.88. The molecule has 2 saturated heterocycles. The lowest BCUT2D eigenvalue weighted by Gasteiger charge is -2.44. The van der Waals surface area contributed by atoms with Gasteiger partial charge in [-0.25, -0.2) is 0 Å². The second kappa shape index (κ2) is 5.55. The summed E-state index contributed by atoms with van der Waals surface area (Å²) in [6.45, 7) is 4.14. The fourth-order valence-corrected chi connectivity index (χ4v) is 3.20. The molecular weight excluding hydrogens is 230 g/mol. The highest BCUT2D eigenvalue weighted by Gasteiger charge is 2.41. The molecule has 5 nitrogen and oxygen atoms in total. The first kappa shape index (κ1) is 13.8. The van der Waals surface area contributed by atoms with Gasteiger partial charge in [-0.2, -0.15) is 0 Å². The summed E-state index contributed by atoms with van der Waals surface area (Å²) in [4.78, 5) is 16.2. The molecule has 2 N–H and O–H groups in total. The monoisotopic (exact) mass is 255 g/mol. The number of carboxylic acid groups (broad SMARTS) is 1. The highest BCUT2D eigenvalue weighted by molar-refractivity contribution is 5.78. The highest BCUT2D eigenvalue weighted by atomic mass is 16.4. The summed E-state index contributed by atoms with van der Waals surface area (Å²) in [5.74, 6) is -0.701. The van der Waals surface area contributed by atoms with Gasteiger partial charge in [0.1, 0.15) is 5.54 Å². The lowest BCUT2D eigenvalue weighted by atomic mass is 9.86. The minimum Gasteiger partial charge on any atom is -0.480 e. The fraction of sp³-hybridized carbons (Fsp3) is 0.923. The van der Waals surface area contributed by atoms with Crippen LogP contribution in [0, 0.1) is 0 Å². The second-order valence-electron chi connectivity index (χ2n) is 5.71. The molecule has 0 aromatic rings. The molecule has 104 valence electrons. The Morgan fingerprint density at radius 2 is 1.78 bits per heavy atom. The van der Waals surface area contributed by atoms with Crippen molar-refractivity contribution in [2.75, 3.05) is 40.3 Å². The summed E-state index contributed by atoms with van der Waals surface area (Å²) < 4.78 is 0. The minimum absolute atomic E-state index is 0.657. The SMILES string of the molecule is CNC1(C(=O)O)CCN(C2CCN(C)CC2)CC1. The van der Waals surface area contributed by atoms with E-state index >= 15 is 0 Å². The number of nitrogens with zero attached hydrogens (tertiary/aromatic N) is 2. The van der Waals surface area contributed by atoms with Crippen LogP contribution >= 0.6 is 0 Å². The van der Waals surface area contributed by atoms with Gasteiger partial charge in [-0.3, -0.25) is 4.79 Å². The third-order valence-corrected chi connectivity index (χ3v) is 4.74. The van der Waals surface area contributed by atoms with Gasteiger partial charge in [0.2, 0.25) is 0 Å². The number of hydrogen-bond acceptors (Lipinski definition) is 4. The van der Waals surface area contributed by atoms with Gasteiger partial charge in [-0.1, -0.05) is 0 Å². The third kappa shape index (κ3) is 2.68. The maximum Gasteiger partial charge on any atom is 0.323 e. The number of hydrogen-bond donors (Lipinski definition) is 2. The van der Waals surface area contributed by atoms with E-state index in [2.05, 4.69) is 22.2 Å². The van der Waals surface area contributed by atoms with E-state index in [1.807, 2.05) is 0 Å². The van der Waals surface area contributed by atoms with Gasteiger partial charge >= 0.3 is 5.97 Å². The molecule has 2 rings (SSSR count). The van der Waals surface area contributed by atoms with E-state index in [1.54, 1.807) is 7.05 Å². The largest absolute Gasteiger partial charge is 0.480 e. The number of aliphatic carboxylic acids is 1. The molecule has 0 aliphatic carbocycles. The molecule has 0 aromatic carbocycles. The second-order valence-corrected chi connectivity index (χ2v) is 5.71. The third-order valence-electron chi connectivity index (χ3n) is 4.74. The summed E-state index contributed by atoms with van der Waals surface area (Å²) in [6.07, 6.45) is 3.86. The molecule has 0 atom stereocenters. The van der Waals surface area contributed by atoms with Crippen molar-refractivity contribution in [1.82, 2.24) is 15.1 Å². The van der Waals surface area contributed by atoms with Crippen LogP contribution in [0.3, 0.4) is 0 Å². The first-order chi connectivity index (χ1) is 8.57. The summed E-state index contributed by atoms with van der Waals surface area (Å²) in [5, 5.41) is 12.3. The molecular formula is C13H25N3O2. The number of likely N-dealkylation sites (N-methyl/N-ethyl adjacent to an activating group) is 1. The zero-order valence-corrected chi connectivity index (χ0v) is 11.5. The van der Waals surface area contributed by atoms with Crippen molar-refractivity contribution in [3.63, 3.8) is 0 Å². The van der Waals surface area contributed by atoms with Crippen LogP contribution in [0.2, 0.25) is 0 Å².